The van der Waals surface area contributed by atoms with Crippen LogP contribution >= 0.6 is 11.3 Å². The number of carboxylic acid groups (broad SMARTS) is 1. The van der Waals surface area contributed by atoms with E-state index in [4.69, 9.17) is 0 Å². The number of benzene rings is 1. The number of nitrogens with one attached hydrogen (secondary N) is 1. The van der Waals surface area contributed by atoms with Crippen molar-refractivity contribution in [1.29, 1.82) is 0 Å². The van der Waals surface area contributed by atoms with Gasteiger partial charge in [0.2, 0.25) is 0 Å². The molecule has 3 nitrogen and oxygen atoms in total. The number of aromatic carboxylic acids is 1. The Morgan fingerprint density at radius 2 is 1.92 bits per heavy atom. The summed E-state index contributed by atoms with van der Waals surface area (Å²) in [6.07, 6.45) is 2.97. The van der Waals surface area contributed by atoms with E-state index in [2.05, 4.69) is 45.1 Å². The maximum Gasteiger partial charge on any atom is 0.337 e. The fourth-order valence-corrected chi connectivity index (χ4v) is 5.52. The molecule has 2 N–H and O–H groups in total. The van der Waals surface area contributed by atoms with Crippen LogP contribution < -0.4 is 5.32 Å². The van der Waals surface area contributed by atoms with E-state index in [0.29, 0.717) is 5.56 Å². The van der Waals surface area contributed by atoms with Gasteiger partial charge in [-0.05, 0) is 73.4 Å². The van der Waals surface area contributed by atoms with Crippen LogP contribution in [0.1, 0.15) is 57.8 Å². The Bertz CT molecular complexity index is 810. The highest BCUT2D eigenvalue weighted by Gasteiger charge is 2.33. The molecule has 0 radical (unpaired) electrons. The lowest BCUT2D eigenvalue weighted by Gasteiger charge is -2.29. The Balaban J connectivity index is 2.19. The van der Waals surface area contributed by atoms with Crippen LogP contribution in [0.4, 0.5) is 0 Å². The smallest absolute Gasteiger partial charge is 0.337 e. The zero-order valence-electron chi connectivity index (χ0n) is 15.7. The van der Waals surface area contributed by atoms with Crippen molar-refractivity contribution >= 4 is 17.3 Å². The summed E-state index contributed by atoms with van der Waals surface area (Å²) in [5.41, 5.74) is 6.45. The third-order valence-corrected chi connectivity index (χ3v) is 6.50. The fourth-order valence-electron chi connectivity index (χ4n) is 4.04. The first-order valence-electron chi connectivity index (χ1n) is 8.86. The van der Waals surface area contributed by atoms with E-state index in [1.54, 1.807) is 11.3 Å². The van der Waals surface area contributed by atoms with E-state index in [-0.39, 0.29) is 5.41 Å². The quantitative estimate of drug-likeness (QED) is 0.813. The first kappa shape index (κ1) is 18.2. The van der Waals surface area contributed by atoms with Crippen LogP contribution in [0.3, 0.4) is 0 Å². The van der Waals surface area contributed by atoms with Crippen molar-refractivity contribution in [2.45, 2.75) is 53.5 Å². The number of fused-ring (bicyclic) bond motifs is 1. The molecular formula is C21H27NO2S. The van der Waals surface area contributed by atoms with Crippen molar-refractivity contribution in [3.8, 4) is 10.4 Å². The van der Waals surface area contributed by atoms with Gasteiger partial charge < -0.3 is 10.4 Å². The highest BCUT2D eigenvalue weighted by Crippen LogP contribution is 2.46. The second-order valence-electron chi connectivity index (χ2n) is 7.99. The summed E-state index contributed by atoms with van der Waals surface area (Å²) >= 11 is 1.70. The summed E-state index contributed by atoms with van der Waals surface area (Å²) in [5.74, 6) is -0.789. The predicted octanol–water partition coefficient (Wildman–Crippen LogP) is 4.96. The molecule has 1 aliphatic rings. The molecule has 0 bridgehead atoms. The van der Waals surface area contributed by atoms with Gasteiger partial charge >= 0.3 is 5.97 Å². The van der Waals surface area contributed by atoms with Crippen molar-refractivity contribution in [3.05, 3.63) is 44.8 Å². The minimum atomic E-state index is -0.789. The molecule has 1 aromatic heterocycles. The number of hydrogen-bond donors (Lipinski definition) is 2. The molecule has 134 valence electrons. The molecule has 0 atom stereocenters. The first-order valence-corrected chi connectivity index (χ1v) is 9.68. The molecule has 0 unspecified atom stereocenters. The first-order chi connectivity index (χ1) is 11.7. The summed E-state index contributed by atoms with van der Waals surface area (Å²) in [7, 11) is 1.94. The monoisotopic (exact) mass is 357 g/mol. The SMILES string of the molecule is CNCc1cc(C)c(-c2sc3c(c2C(=O)O)CC(C)(C)CC3)c(C)c1. The molecule has 0 aliphatic heterocycles. The second-order valence-corrected chi connectivity index (χ2v) is 9.09. The summed E-state index contributed by atoms with van der Waals surface area (Å²) in [6.45, 7) is 9.48. The molecular weight excluding hydrogens is 330 g/mol. The maximum absolute atomic E-state index is 12.1. The summed E-state index contributed by atoms with van der Waals surface area (Å²) < 4.78 is 0. The molecule has 0 fully saturated rings. The van der Waals surface area contributed by atoms with E-state index < -0.39 is 5.97 Å². The number of thiophene rings is 1. The number of hydrogen-bond acceptors (Lipinski definition) is 3. The molecule has 4 heteroatoms. The molecule has 25 heavy (non-hydrogen) atoms. The fraction of sp³-hybridized carbons (Fsp3) is 0.476. The van der Waals surface area contributed by atoms with Gasteiger partial charge in [-0.3, -0.25) is 0 Å². The minimum Gasteiger partial charge on any atom is -0.478 e. The highest BCUT2D eigenvalue weighted by atomic mass is 32.1. The van der Waals surface area contributed by atoms with Crippen LogP contribution in [0.25, 0.3) is 10.4 Å². The normalized spacial score (nSPS) is 15.9. The Kier molecular flexibility index (Phi) is 4.78. The second kappa shape index (κ2) is 6.58. The van der Waals surface area contributed by atoms with Crippen molar-refractivity contribution in [1.82, 2.24) is 5.32 Å². The van der Waals surface area contributed by atoms with Crippen LogP contribution in [0.2, 0.25) is 0 Å². The van der Waals surface area contributed by atoms with Crippen LogP contribution in [0, 0.1) is 19.3 Å². The van der Waals surface area contributed by atoms with Gasteiger partial charge in [-0.1, -0.05) is 26.0 Å². The van der Waals surface area contributed by atoms with Gasteiger partial charge in [0, 0.05) is 16.3 Å². The van der Waals surface area contributed by atoms with Crippen LogP contribution in [0.5, 0.6) is 0 Å². The third-order valence-electron chi connectivity index (χ3n) is 5.19. The zero-order chi connectivity index (χ0) is 18.4. The molecule has 1 heterocycles. The molecule has 3 rings (SSSR count). The summed E-state index contributed by atoms with van der Waals surface area (Å²) in [5, 5.41) is 13.1. The van der Waals surface area contributed by atoms with E-state index in [9.17, 15) is 9.90 Å². The Labute approximate surface area is 154 Å². The Hall–Kier alpha value is -1.65. The van der Waals surface area contributed by atoms with Gasteiger partial charge in [0.25, 0.3) is 0 Å². The number of aryl methyl sites for hydroxylation is 3. The average molecular weight is 358 g/mol. The number of carbonyl (C=O) groups is 1. The molecule has 1 aromatic carbocycles. The van der Waals surface area contributed by atoms with Crippen LogP contribution in [0.15, 0.2) is 12.1 Å². The van der Waals surface area contributed by atoms with Crippen molar-refractivity contribution < 1.29 is 9.90 Å². The number of carboxylic acids is 1. The molecule has 0 saturated heterocycles. The standard InChI is InChI=1S/C21H27NO2S/c1-12-8-14(11-22-5)9-13(2)17(12)19-18(20(23)24)15-10-21(3,4)7-6-16(15)25-19/h8-9,22H,6-7,10-11H2,1-5H3,(H,23,24). The van der Waals surface area contributed by atoms with Crippen LogP contribution in [-0.4, -0.2) is 18.1 Å². The van der Waals surface area contributed by atoms with Crippen molar-refractivity contribution in [2.24, 2.45) is 5.41 Å². The van der Waals surface area contributed by atoms with Crippen LogP contribution in [-0.2, 0) is 19.4 Å². The van der Waals surface area contributed by atoms with E-state index in [1.807, 2.05) is 7.05 Å². The Morgan fingerprint density at radius 3 is 2.48 bits per heavy atom. The van der Waals surface area contributed by atoms with Gasteiger partial charge in [0.15, 0.2) is 0 Å². The van der Waals surface area contributed by atoms with E-state index in [1.165, 1.54) is 10.4 Å². The topological polar surface area (TPSA) is 49.3 Å². The lowest BCUT2D eigenvalue weighted by Crippen LogP contribution is -2.22. The largest absolute Gasteiger partial charge is 0.478 e. The Morgan fingerprint density at radius 1 is 1.28 bits per heavy atom. The predicted molar refractivity (Wildman–Crippen MR) is 105 cm³/mol. The summed E-state index contributed by atoms with van der Waals surface area (Å²) in [6, 6.07) is 4.35. The maximum atomic E-state index is 12.1. The zero-order valence-corrected chi connectivity index (χ0v) is 16.6. The third kappa shape index (κ3) is 3.38. The highest BCUT2D eigenvalue weighted by molar-refractivity contribution is 7.16. The van der Waals surface area contributed by atoms with E-state index in [0.717, 1.165) is 52.9 Å². The molecule has 0 saturated carbocycles. The molecule has 2 aromatic rings. The summed E-state index contributed by atoms with van der Waals surface area (Å²) in [4.78, 5) is 14.3. The molecule has 0 amide bonds. The van der Waals surface area contributed by atoms with Gasteiger partial charge in [-0.2, -0.15) is 0 Å². The van der Waals surface area contributed by atoms with E-state index >= 15 is 0 Å². The molecule has 1 aliphatic carbocycles. The van der Waals surface area contributed by atoms with Crippen molar-refractivity contribution in [2.75, 3.05) is 7.05 Å². The number of rotatable bonds is 4. The minimum absolute atomic E-state index is 0.177. The lowest BCUT2D eigenvalue weighted by atomic mass is 9.75. The van der Waals surface area contributed by atoms with Gasteiger partial charge in [0.1, 0.15) is 0 Å². The lowest BCUT2D eigenvalue weighted by molar-refractivity contribution is 0.0696. The van der Waals surface area contributed by atoms with Gasteiger partial charge in [0.05, 0.1) is 5.56 Å². The van der Waals surface area contributed by atoms with Gasteiger partial charge in [-0.25, -0.2) is 4.79 Å². The van der Waals surface area contributed by atoms with Gasteiger partial charge in [-0.15, -0.1) is 11.3 Å². The molecule has 0 spiro atoms. The van der Waals surface area contributed by atoms with Crippen molar-refractivity contribution in [3.63, 3.8) is 0 Å². The average Bonchev–Trinajstić information content (AvgIpc) is 2.83.